The average molecular weight is 350 g/mol. The summed E-state index contributed by atoms with van der Waals surface area (Å²) in [6.07, 6.45) is -2.55. The summed E-state index contributed by atoms with van der Waals surface area (Å²) >= 11 is 0. The van der Waals surface area contributed by atoms with Gasteiger partial charge in [0.1, 0.15) is 5.82 Å². The summed E-state index contributed by atoms with van der Waals surface area (Å²) in [5.41, 5.74) is 5.73. The van der Waals surface area contributed by atoms with E-state index in [0.717, 1.165) is 18.9 Å². The molecule has 4 rings (SSSR count). The average Bonchev–Trinajstić information content (AvgIpc) is 2.92. The Hall–Kier alpha value is -2.35. The molecule has 2 aliphatic heterocycles. The minimum atomic E-state index is -4.54. The molecule has 0 amide bonds. The molecule has 0 spiro atoms. The van der Waals surface area contributed by atoms with Crippen molar-refractivity contribution in [1.82, 2.24) is 9.97 Å². The lowest BCUT2D eigenvalue weighted by molar-refractivity contribution is -0.141. The number of halogens is 3. The highest BCUT2D eigenvalue weighted by molar-refractivity contribution is 5.61. The lowest BCUT2D eigenvalue weighted by atomic mass is 10.2. The van der Waals surface area contributed by atoms with Crippen molar-refractivity contribution < 1.29 is 17.9 Å². The predicted octanol–water partition coefficient (Wildman–Crippen LogP) is 3.11. The van der Waals surface area contributed by atoms with Crippen molar-refractivity contribution in [3.8, 4) is 11.4 Å². The largest absolute Gasteiger partial charge is 0.433 e. The van der Waals surface area contributed by atoms with Crippen molar-refractivity contribution in [3.63, 3.8) is 0 Å². The standard InChI is InChI=1S/C17H17F3N4O/c18-17(19,20)14-7-15(24-8-12-5-6-13(9-24)25-12)23-16(22-14)10-1-3-11(21)4-2-10/h1-4,7,12-13H,5-6,8-9,21H2. The van der Waals surface area contributed by atoms with E-state index >= 15 is 0 Å². The predicted molar refractivity (Wildman–Crippen MR) is 87.0 cm³/mol. The van der Waals surface area contributed by atoms with Gasteiger partial charge in [-0.3, -0.25) is 0 Å². The number of ether oxygens (including phenoxy) is 1. The van der Waals surface area contributed by atoms with Gasteiger partial charge in [0.25, 0.3) is 0 Å². The van der Waals surface area contributed by atoms with Crippen LogP contribution in [0.15, 0.2) is 30.3 Å². The Kier molecular flexibility index (Phi) is 3.79. The number of fused-ring (bicyclic) bond motifs is 2. The van der Waals surface area contributed by atoms with Gasteiger partial charge in [-0.25, -0.2) is 9.97 Å². The van der Waals surface area contributed by atoms with Crippen LogP contribution in [0.2, 0.25) is 0 Å². The fourth-order valence-corrected chi connectivity index (χ4v) is 3.30. The molecule has 2 bridgehead atoms. The van der Waals surface area contributed by atoms with E-state index in [4.69, 9.17) is 10.5 Å². The van der Waals surface area contributed by atoms with E-state index in [-0.39, 0.29) is 23.9 Å². The number of alkyl halides is 3. The van der Waals surface area contributed by atoms with Crippen LogP contribution in [-0.4, -0.2) is 35.3 Å². The molecule has 2 aromatic rings. The molecule has 2 unspecified atom stereocenters. The molecule has 0 radical (unpaired) electrons. The Balaban J connectivity index is 1.75. The van der Waals surface area contributed by atoms with Gasteiger partial charge in [-0.2, -0.15) is 13.2 Å². The van der Waals surface area contributed by atoms with Gasteiger partial charge >= 0.3 is 6.18 Å². The van der Waals surface area contributed by atoms with E-state index < -0.39 is 11.9 Å². The van der Waals surface area contributed by atoms with Crippen LogP contribution in [0.3, 0.4) is 0 Å². The molecule has 2 saturated heterocycles. The fraction of sp³-hybridized carbons (Fsp3) is 0.412. The van der Waals surface area contributed by atoms with Crippen LogP contribution in [0.4, 0.5) is 24.7 Å². The van der Waals surface area contributed by atoms with Crippen LogP contribution in [-0.2, 0) is 10.9 Å². The molecule has 8 heteroatoms. The van der Waals surface area contributed by atoms with Crippen molar-refractivity contribution in [3.05, 3.63) is 36.0 Å². The highest BCUT2D eigenvalue weighted by atomic mass is 19.4. The number of nitrogen functional groups attached to an aromatic ring is 1. The smallest absolute Gasteiger partial charge is 0.399 e. The maximum absolute atomic E-state index is 13.3. The van der Waals surface area contributed by atoms with Crippen LogP contribution >= 0.6 is 0 Å². The molecule has 132 valence electrons. The molecular weight excluding hydrogens is 333 g/mol. The normalized spacial score (nSPS) is 23.1. The topological polar surface area (TPSA) is 64.3 Å². The Morgan fingerprint density at radius 2 is 1.68 bits per heavy atom. The summed E-state index contributed by atoms with van der Waals surface area (Å²) in [5, 5.41) is 0. The summed E-state index contributed by atoms with van der Waals surface area (Å²) < 4.78 is 45.7. The lowest BCUT2D eigenvalue weighted by Gasteiger charge is -2.33. The summed E-state index contributed by atoms with van der Waals surface area (Å²) in [7, 11) is 0. The maximum Gasteiger partial charge on any atom is 0.433 e. The van der Waals surface area contributed by atoms with Crippen molar-refractivity contribution in [1.29, 1.82) is 0 Å². The van der Waals surface area contributed by atoms with Gasteiger partial charge in [0.15, 0.2) is 11.5 Å². The van der Waals surface area contributed by atoms with Gasteiger partial charge in [0.2, 0.25) is 0 Å². The number of hydrogen-bond acceptors (Lipinski definition) is 5. The SMILES string of the molecule is Nc1ccc(-c2nc(N3CC4CCC(C3)O4)cc(C(F)(F)F)n2)cc1. The first-order chi connectivity index (χ1) is 11.9. The highest BCUT2D eigenvalue weighted by Gasteiger charge is 2.37. The molecule has 5 nitrogen and oxygen atoms in total. The zero-order valence-electron chi connectivity index (χ0n) is 13.3. The van der Waals surface area contributed by atoms with E-state index in [1.54, 1.807) is 24.3 Å². The van der Waals surface area contributed by atoms with Gasteiger partial charge in [-0.15, -0.1) is 0 Å². The van der Waals surface area contributed by atoms with Gasteiger partial charge < -0.3 is 15.4 Å². The summed E-state index contributed by atoms with van der Waals surface area (Å²) in [5.74, 6) is 0.331. The van der Waals surface area contributed by atoms with E-state index in [1.807, 2.05) is 4.90 Å². The number of anilines is 2. The Morgan fingerprint density at radius 3 is 2.28 bits per heavy atom. The van der Waals surface area contributed by atoms with Crippen LogP contribution in [0.5, 0.6) is 0 Å². The molecule has 0 saturated carbocycles. The fourth-order valence-electron chi connectivity index (χ4n) is 3.30. The Bertz CT molecular complexity index is 766. The molecule has 1 aromatic heterocycles. The van der Waals surface area contributed by atoms with Crippen LogP contribution in [0, 0.1) is 0 Å². The van der Waals surface area contributed by atoms with Gasteiger partial charge in [0.05, 0.1) is 12.2 Å². The molecular formula is C17H17F3N4O. The van der Waals surface area contributed by atoms with E-state index in [1.165, 1.54) is 0 Å². The highest BCUT2D eigenvalue weighted by Crippen LogP contribution is 2.34. The molecule has 2 fully saturated rings. The summed E-state index contributed by atoms with van der Waals surface area (Å²) in [6.45, 7) is 1.10. The van der Waals surface area contributed by atoms with E-state index in [9.17, 15) is 13.2 Å². The van der Waals surface area contributed by atoms with Gasteiger partial charge in [-0.1, -0.05) is 0 Å². The quantitative estimate of drug-likeness (QED) is 0.843. The number of rotatable bonds is 2. The second-order valence-electron chi connectivity index (χ2n) is 6.42. The lowest BCUT2D eigenvalue weighted by Crippen LogP contribution is -2.43. The minimum Gasteiger partial charge on any atom is -0.399 e. The number of hydrogen-bond donors (Lipinski definition) is 1. The number of aromatic nitrogens is 2. The molecule has 25 heavy (non-hydrogen) atoms. The second-order valence-corrected chi connectivity index (χ2v) is 6.42. The van der Waals surface area contributed by atoms with Crippen molar-refractivity contribution in [2.75, 3.05) is 23.7 Å². The maximum atomic E-state index is 13.3. The molecule has 0 aliphatic carbocycles. The molecule has 2 N–H and O–H groups in total. The van der Waals surface area contributed by atoms with E-state index in [2.05, 4.69) is 9.97 Å². The number of nitrogens with zero attached hydrogens (tertiary/aromatic N) is 3. The summed E-state index contributed by atoms with van der Waals surface area (Å²) in [4.78, 5) is 9.97. The van der Waals surface area contributed by atoms with Crippen LogP contribution < -0.4 is 10.6 Å². The van der Waals surface area contributed by atoms with Gasteiger partial charge in [-0.05, 0) is 37.1 Å². The van der Waals surface area contributed by atoms with Crippen molar-refractivity contribution in [2.45, 2.75) is 31.2 Å². The van der Waals surface area contributed by atoms with Gasteiger partial charge in [0, 0.05) is 30.4 Å². The van der Waals surface area contributed by atoms with E-state index in [0.29, 0.717) is 24.3 Å². The first-order valence-electron chi connectivity index (χ1n) is 8.11. The summed E-state index contributed by atoms with van der Waals surface area (Å²) in [6, 6.07) is 7.50. The Labute approximate surface area is 142 Å². The Morgan fingerprint density at radius 1 is 1.04 bits per heavy atom. The van der Waals surface area contributed by atoms with Crippen molar-refractivity contribution >= 4 is 11.5 Å². The molecule has 1 aromatic carbocycles. The third-order valence-electron chi connectivity index (χ3n) is 4.54. The first-order valence-corrected chi connectivity index (χ1v) is 8.11. The molecule has 3 heterocycles. The van der Waals surface area contributed by atoms with Crippen molar-refractivity contribution in [2.24, 2.45) is 0 Å². The number of benzene rings is 1. The minimum absolute atomic E-state index is 0.0451. The number of nitrogens with two attached hydrogens (primary N) is 1. The van der Waals surface area contributed by atoms with Crippen LogP contribution in [0.1, 0.15) is 18.5 Å². The third kappa shape index (κ3) is 3.26. The molecule has 2 aliphatic rings. The van der Waals surface area contributed by atoms with Crippen LogP contribution in [0.25, 0.3) is 11.4 Å². The second kappa shape index (κ2) is 5.87. The zero-order valence-corrected chi connectivity index (χ0v) is 13.3. The first kappa shape index (κ1) is 16.1. The molecule has 2 atom stereocenters. The third-order valence-corrected chi connectivity index (χ3v) is 4.54. The number of morpholine rings is 1. The zero-order chi connectivity index (χ0) is 17.6. The monoisotopic (exact) mass is 350 g/mol.